The van der Waals surface area contributed by atoms with Crippen LogP contribution in [0.4, 0.5) is 10.3 Å². The molecule has 0 unspecified atom stereocenters. The van der Waals surface area contributed by atoms with Crippen LogP contribution in [0.3, 0.4) is 0 Å². The Hall–Kier alpha value is -3.29. The molecule has 0 aliphatic heterocycles. The molecule has 136 valence electrons. The summed E-state index contributed by atoms with van der Waals surface area (Å²) < 4.78 is 15.3. The Kier molecular flexibility index (Phi) is 3.63. The molecule has 0 spiro atoms. The molecule has 0 saturated heterocycles. The zero-order chi connectivity index (χ0) is 18.4. The highest BCUT2D eigenvalue weighted by molar-refractivity contribution is 5.61. The van der Waals surface area contributed by atoms with Gasteiger partial charge in [0, 0.05) is 35.3 Å². The lowest BCUT2D eigenvalue weighted by molar-refractivity contribution is 0.597. The first-order chi connectivity index (χ1) is 13.2. The van der Waals surface area contributed by atoms with Crippen LogP contribution >= 0.6 is 0 Å². The molecule has 4 aromatic rings. The number of aromatic amines is 1. The first-order valence-corrected chi connectivity index (χ1v) is 8.92. The van der Waals surface area contributed by atoms with Crippen molar-refractivity contribution in [3.8, 4) is 11.4 Å². The number of hydrogen-bond donors (Lipinski definition) is 2. The number of rotatable bonds is 3. The lowest BCUT2D eigenvalue weighted by Crippen LogP contribution is -2.28. The number of fused-ring (bicyclic) bond motifs is 2. The standard InChI is InChI=1S/C19H18FN7/c1-11-8-23-27-18(11)25-17(13-6-14(20)10-21-9-13)26-19(27)24-15-2-3-16-12(7-15)4-5-22-16/h4-6,8-10,15,22H,2-3,7H2,1H3,(H,24,25,26)/t15-/m0/s1. The van der Waals surface area contributed by atoms with Gasteiger partial charge in [0.15, 0.2) is 11.5 Å². The highest BCUT2D eigenvalue weighted by atomic mass is 19.1. The molecule has 0 bridgehead atoms. The van der Waals surface area contributed by atoms with E-state index in [0.717, 1.165) is 24.8 Å². The summed E-state index contributed by atoms with van der Waals surface area (Å²) in [5.74, 6) is 0.623. The second-order valence-electron chi connectivity index (χ2n) is 6.89. The first-order valence-electron chi connectivity index (χ1n) is 8.92. The second kappa shape index (κ2) is 6.15. The Bertz CT molecular complexity index is 1130. The number of aromatic nitrogens is 6. The number of nitrogens with zero attached hydrogens (tertiary/aromatic N) is 5. The van der Waals surface area contributed by atoms with Crippen LogP contribution in [0, 0.1) is 12.7 Å². The normalized spacial score (nSPS) is 16.4. The van der Waals surface area contributed by atoms with Crippen LogP contribution in [0.25, 0.3) is 17.0 Å². The summed E-state index contributed by atoms with van der Waals surface area (Å²) in [7, 11) is 0. The zero-order valence-corrected chi connectivity index (χ0v) is 14.8. The van der Waals surface area contributed by atoms with Crippen molar-refractivity contribution in [2.45, 2.75) is 32.2 Å². The van der Waals surface area contributed by atoms with Gasteiger partial charge in [-0.15, -0.1) is 0 Å². The van der Waals surface area contributed by atoms with E-state index >= 15 is 0 Å². The maximum absolute atomic E-state index is 13.6. The Labute approximate surface area is 154 Å². The third kappa shape index (κ3) is 2.83. The molecule has 2 N–H and O–H groups in total. The Balaban J connectivity index is 1.55. The van der Waals surface area contributed by atoms with E-state index in [1.807, 2.05) is 13.1 Å². The number of hydrogen-bond acceptors (Lipinski definition) is 5. The molecule has 1 atom stereocenters. The van der Waals surface area contributed by atoms with Crippen molar-refractivity contribution in [2.75, 3.05) is 5.32 Å². The average molecular weight is 363 g/mol. The lowest BCUT2D eigenvalue weighted by Gasteiger charge is -2.24. The molecule has 27 heavy (non-hydrogen) atoms. The molecular formula is C19H18FN7. The molecule has 5 rings (SSSR count). The van der Waals surface area contributed by atoms with E-state index in [1.165, 1.54) is 23.5 Å². The maximum atomic E-state index is 13.6. The fourth-order valence-corrected chi connectivity index (χ4v) is 3.60. The van der Waals surface area contributed by atoms with E-state index in [2.05, 4.69) is 36.4 Å². The third-order valence-electron chi connectivity index (χ3n) is 4.98. The van der Waals surface area contributed by atoms with Crippen molar-refractivity contribution >= 4 is 11.6 Å². The average Bonchev–Trinajstić information content (AvgIpc) is 3.28. The zero-order valence-electron chi connectivity index (χ0n) is 14.8. The minimum atomic E-state index is -0.414. The van der Waals surface area contributed by atoms with Gasteiger partial charge in [0.2, 0.25) is 5.95 Å². The number of anilines is 1. The van der Waals surface area contributed by atoms with E-state index in [4.69, 9.17) is 0 Å². The molecule has 0 fully saturated rings. The monoisotopic (exact) mass is 363 g/mol. The van der Waals surface area contributed by atoms with Gasteiger partial charge in [-0.1, -0.05) is 0 Å². The molecule has 4 heterocycles. The van der Waals surface area contributed by atoms with E-state index in [0.29, 0.717) is 23.0 Å². The minimum Gasteiger partial charge on any atom is -0.365 e. The third-order valence-corrected chi connectivity index (χ3v) is 4.98. The summed E-state index contributed by atoms with van der Waals surface area (Å²) in [6, 6.07) is 3.76. The highest BCUT2D eigenvalue weighted by Gasteiger charge is 2.22. The number of aryl methyl sites for hydroxylation is 2. The largest absolute Gasteiger partial charge is 0.365 e. The highest BCUT2D eigenvalue weighted by Crippen LogP contribution is 2.24. The van der Waals surface area contributed by atoms with Crippen LogP contribution in [0.5, 0.6) is 0 Å². The predicted octanol–water partition coefficient (Wildman–Crippen LogP) is 2.93. The van der Waals surface area contributed by atoms with E-state index < -0.39 is 5.82 Å². The van der Waals surface area contributed by atoms with Gasteiger partial charge >= 0.3 is 0 Å². The molecule has 1 aliphatic rings. The first kappa shape index (κ1) is 15.9. The maximum Gasteiger partial charge on any atom is 0.228 e. The number of H-pyrrole nitrogens is 1. The van der Waals surface area contributed by atoms with Gasteiger partial charge < -0.3 is 10.3 Å². The van der Waals surface area contributed by atoms with Crippen LogP contribution in [0.1, 0.15) is 23.2 Å². The molecule has 8 heteroatoms. The van der Waals surface area contributed by atoms with Crippen LogP contribution in [-0.4, -0.2) is 35.6 Å². The van der Waals surface area contributed by atoms with Crippen molar-refractivity contribution in [1.29, 1.82) is 0 Å². The number of nitrogens with one attached hydrogen (secondary N) is 2. The Morgan fingerprint density at radius 2 is 2.19 bits per heavy atom. The van der Waals surface area contributed by atoms with E-state index in [9.17, 15) is 4.39 Å². The quantitative estimate of drug-likeness (QED) is 0.585. The van der Waals surface area contributed by atoms with Gasteiger partial charge in [0.05, 0.1) is 12.4 Å². The van der Waals surface area contributed by atoms with Crippen molar-refractivity contribution in [3.05, 3.63) is 59.6 Å². The molecule has 0 radical (unpaired) electrons. The molecule has 0 amide bonds. The predicted molar refractivity (Wildman–Crippen MR) is 98.9 cm³/mol. The molecule has 7 nitrogen and oxygen atoms in total. The van der Waals surface area contributed by atoms with Crippen LogP contribution in [-0.2, 0) is 12.8 Å². The fraction of sp³-hybridized carbons (Fsp3) is 0.263. The summed E-state index contributed by atoms with van der Waals surface area (Å²) in [5, 5.41) is 7.92. The Morgan fingerprint density at radius 1 is 1.26 bits per heavy atom. The molecule has 4 aromatic heterocycles. The summed E-state index contributed by atoms with van der Waals surface area (Å²) in [4.78, 5) is 16.4. The summed E-state index contributed by atoms with van der Waals surface area (Å²) >= 11 is 0. The van der Waals surface area contributed by atoms with Gasteiger partial charge in [0.25, 0.3) is 0 Å². The van der Waals surface area contributed by atoms with Crippen LogP contribution < -0.4 is 5.32 Å². The second-order valence-corrected chi connectivity index (χ2v) is 6.89. The fourth-order valence-electron chi connectivity index (χ4n) is 3.60. The minimum absolute atomic E-state index is 0.245. The van der Waals surface area contributed by atoms with Crippen LogP contribution in [0.2, 0.25) is 0 Å². The van der Waals surface area contributed by atoms with Crippen molar-refractivity contribution in [2.24, 2.45) is 0 Å². The SMILES string of the molecule is Cc1cnn2c(N[C@H]3CCc4[nH]ccc4C3)nc(-c3cncc(F)c3)nc12. The summed E-state index contributed by atoms with van der Waals surface area (Å²) in [5.41, 5.74) is 4.81. The molecule has 0 saturated carbocycles. The van der Waals surface area contributed by atoms with Gasteiger partial charge in [-0.05, 0) is 43.9 Å². The molecule has 0 aromatic carbocycles. The van der Waals surface area contributed by atoms with Crippen molar-refractivity contribution in [1.82, 2.24) is 29.5 Å². The van der Waals surface area contributed by atoms with Gasteiger partial charge in [-0.2, -0.15) is 14.6 Å². The summed E-state index contributed by atoms with van der Waals surface area (Å²) in [6.07, 6.45) is 9.39. The topological polar surface area (TPSA) is 83.8 Å². The molecule has 1 aliphatic carbocycles. The number of pyridine rings is 1. The van der Waals surface area contributed by atoms with Gasteiger partial charge in [-0.3, -0.25) is 4.98 Å². The molecular weight excluding hydrogens is 345 g/mol. The Morgan fingerprint density at radius 3 is 3.07 bits per heavy atom. The smallest absolute Gasteiger partial charge is 0.228 e. The van der Waals surface area contributed by atoms with E-state index in [-0.39, 0.29) is 6.04 Å². The van der Waals surface area contributed by atoms with Crippen molar-refractivity contribution < 1.29 is 4.39 Å². The lowest BCUT2D eigenvalue weighted by atomic mass is 9.93. The van der Waals surface area contributed by atoms with Gasteiger partial charge in [0.1, 0.15) is 5.82 Å². The van der Waals surface area contributed by atoms with E-state index in [1.54, 1.807) is 16.9 Å². The summed E-state index contributed by atoms with van der Waals surface area (Å²) in [6.45, 7) is 1.94. The van der Waals surface area contributed by atoms with Crippen molar-refractivity contribution in [3.63, 3.8) is 0 Å². The number of halogens is 1. The van der Waals surface area contributed by atoms with Gasteiger partial charge in [-0.25, -0.2) is 9.37 Å². The van der Waals surface area contributed by atoms with Crippen LogP contribution in [0.15, 0.2) is 36.9 Å².